The lowest BCUT2D eigenvalue weighted by atomic mass is 10.3. The lowest BCUT2D eigenvalue weighted by molar-refractivity contribution is 0.0970. The van der Waals surface area contributed by atoms with Gasteiger partial charge in [-0.2, -0.15) is 4.99 Å². The van der Waals surface area contributed by atoms with E-state index in [1.807, 2.05) is 29.7 Å². The van der Waals surface area contributed by atoms with Crippen molar-refractivity contribution in [3.8, 4) is 0 Å². The summed E-state index contributed by atoms with van der Waals surface area (Å²) >= 11 is 7.74. The smallest absolute Gasteiger partial charge is 0.315 e. The van der Waals surface area contributed by atoms with E-state index in [9.17, 15) is 4.79 Å². The normalized spacial score (nSPS) is 12.2. The minimum atomic E-state index is -0.414. The fraction of sp³-hybridized carbons (Fsp3) is 0.250. The summed E-state index contributed by atoms with van der Waals surface area (Å²) in [7, 11) is 0. The molecule has 5 nitrogen and oxygen atoms in total. The van der Waals surface area contributed by atoms with E-state index in [0.717, 1.165) is 10.2 Å². The van der Waals surface area contributed by atoms with Crippen molar-refractivity contribution in [1.82, 2.24) is 4.57 Å². The number of ether oxygens (including phenoxy) is 1. The van der Waals surface area contributed by atoms with E-state index in [2.05, 4.69) is 4.99 Å². The second-order valence-corrected chi connectivity index (χ2v) is 6.13. The first kappa shape index (κ1) is 16.0. The Morgan fingerprint density at radius 3 is 3.00 bits per heavy atom. The highest BCUT2D eigenvalue weighted by molar-refractivity contribution is 7.16. The zero-order chi connectivity index (χ0) is 16.2. The molecule has 2 heterocycles. The van der Waals surface area contributed by atoms with Gasteiger partial charge in [0.25, 0.3) is 0 Å². The van der Waals surface area contributed by atoms with Gasteiger partial charge >= 0.3 is 5.91 Å². The molecule has 0 saturated carbocycles. The fourth-order valence-corrected chi connectivity index (χ4v) is 3.64. The predicted molar refractivity (Wildman–Crippen MR) is 89.9 cm³/mol. The fourth-order valence-electron chi connectivity index (χ4n) is 2.22. The van der Waals surface area contributed by atoms with E-state index in [1.54, 1.807) is 12.1 Å². The van der Waals surface area contributed by atoms with E-state index < -0.39 is 5.91 Å². The summed E-state index contributed by atoms with van der Waals surface area (Å²) in [5.41, 5.74) is 0.866. The first-order chi connectivity index (χ1) is 11.2. The molecule has 0 saturated heterocycles. The van der Waals surface area contributed by atoms with Gasteiger partial charge in [0.15, 0.2) is 10.6 Å². The maximum atomic E-state index is 12.2. The van der Waals surface area contributed by atoms with Crippen molar-refractivity contribution >= 4 is 39.1 Å². The molecule has 0 aliphatic carbocycles. The summed E-state index contributed by atoms with van der Waals surface area (Å²) < 4.78 is 13.4. The van der Waals surface area contributed by atoms with E-state index in [1.165, 1.54) is 17.6 Å². The highest BCUT2D eigenvalue weighted by atomic mass is 35.5. The first-order valence-electron chi connectivity index (χ1n) is 7.19. The second-order valence-electron chi connectivity index (χ2n) is 4.71. The molecule has 0 atom stereocenters. The third-order valence-electron chi connectivity index (χ3n) is 3.24. The number of carbonyl (C=O) groups excluding carboxylic acids is 1. The summed E-state index contributed by atoms with van der Waals surface area (Å²) in [5.74, 6) is -0.201. The SMILES string of the molecule is CCOCCn1c(=NC(=O)c2ccco2)sc2cccc(Cl)c21. The second kappa shape index (κ2) is 7.12. The predicted octanol–water partition coefficient (Wildman–Crippen LogP) is 3.73. The van der Waals surface area contributed by atoms with Crippen LogP contribution in [0.1, 0.15) is 17.5 Å². The Morgan fingerprint density at radius 2 is 2.26 bits per heavy atom. The average Bonchev–Trinajstić information content (AvgIpc) is 3.17. The maximum absolute atomic E-state index is 12.2. The Morgan fingerprint density at radius 1 is 1.39 bits per heavy atom. The number of fused-ring (bicyclic) bond motifs is 1. The van der Waals surface area contributed by atoms with Crippen molar-refractivity contribution < 1.29 is 13.9 Å². The van der Waals surface area contributed by atoms with Crippen LogP contribution in [0.4, 0.5) is 0 Å². The summed E-state index contributed by atoms with van der Waals surface area (Å²) in [6, 6.07) is 8.92. The zero-order valence-electron chi connectivity index (χ0n) is 12.5. The number of amides is 1. The van der Waals surface area contributed by atoms with Gasteiger partial charge in [0.05, 0.1) is 28.1 Å². The highest BCUT2D eigenvalue weighted by Gasteiger charge is 2.12. The molecule has 3 aromatic rings. The van der Waals surface area contributed by atoms with Crippen molar-refractivity contribution in [2.45, 2.75) is 13.5 Å². The monoisotopic (exact) mass is 350 g/mol. The lowest BCUT2D eigenvalue weighted by Crippen LogP contribution is -2.19. The Balaban J connectivity index is 2.09. The molecule has 0 N–H and O–H groups in total. The molecule has 2 aromatic heterocycles. The molecule has 23 heavy (non-hydrogen) atoms. The lowest BCUT2D eigenvalue weighted by Gasteiger charge is -2.06. The van der Waals surface area contributed by atoms with Crippen LogP contribution in [-0.4, -0.2) is 23.7 Å². The molecule has 0 fully saturated rings. The van der Waals surface area contributed by atoms with E-state index in [4.69, 9.17) is 20.8 Å². The molecule has 0 aliphatic heterocycles. The number of halogens is 1. The summed E-state index contributed by atoms with van der Waals surface area (Å²) in [6.07, 6.45) is 1.45. The molecular formula is C16H15ClN2O3S. The quantitative estimate of drug-likeness (QED) is 0.659. The number of benzene rings is 1. The molecule has 0 radical (unpaired) electrons. The largest absolute Gasteiger partial charge is 0.459 e. The molecule has 0 unspecified atom stereocenters. The van der Waals surface area contributed by atoms with Gasteiger partial charge in [-0.3, -0.25) is 4.79 Å². The van der Waals surface area contributed by atoms with Gasteiger partial charge in [0, 0.05) is 13.2 Å². The van der Waals surface area contributed by atoms with Gasteiger partial charge in [-0.1, -0.05) is 29.0 Å². The third kappa shape index (κ3) is 3.39. The van der Waals surface area contributed by atoms with Crippen LogP contribution in [0, 0.1) is 0 Å². The molecule has 3 rings (SSSR count). The maximum Gasteiger partial charge on any atom is 0.315 e. The number of hydrogen-bond acceptors (Lipinski definition) is 4. The van der Waals surface area contributed by atoms with Crippen molar-refractivity contribution in [3.63, 3.8) is 0 Å². The average molecular weight is 351 g/mol. The van der Waals surface area contributed by atoms with Crippen LogP contribution in [0.25, 0.3) is 10.2 Å². The van der Waals surface area contributed by atoms with Crippen LogP contribution in [0.3, 0.4) is 0 Å². The highest BCUT2D eigenvalue weighted by Crippen LogP contribution is 2.25. The van der Waals surface area contributed by atoms with Crippen LogP contribution in [-0.2, 0) is 11.3 Å². The third-order valence-corrected chi connectivity index (χ3v) is 4.59. The molecule has 0 spiro atoms. The minimum absolute atomic E-state index is 0.213. The van der Waals surface area contributed by atoms with Gasteiger partial charge in [0.2, 0.25) is 0 Å². The van der Waals surface area contributed by atoms with Crippen molar-refractivity contribution in [2.24, 2.45) is 4.99 Å². The molecule has 1 amide bonds. The standard InChI is InChI=1S/C16H15ClN2O3S/c1-2-21-10-8-19-14-11(17)5-3-7-13(14)23-16(19)18-15(20)12-6-4-9-22-12/h3-7,9H,2,8,10H2,1H3. The molecule has 7 heteroatoms. The topological polar surface area (TPSA) is 56.7 Å². The number of furan rings is 1. The van der Waals surface area contributed by atoms with Crippen LogP contribution >= 0.6 is 22.9 Å². The van der Waals surface area contributed by atoms with Gasteiger partial charge in [-0.15, -0.1) is 0 Å². The number of para-hydroxylation sites is 1. The first-order valence-corrected chi connectivity index (χ1v) is 8.38. The Hall–Kier alpha value is -1.89. The molecule has 1 aromatic carbocycles. The summed E-state index contributed by atoms with van der Waals surface area (Å²) in [5, 5.41) is 0.627. The van der Waals surface area contributed by atoms with Gasteiger partial charge in [0.1, 0.15) is 0 Å². The van der Waals surface area contributed by atoms with Gasteiger partial charge < -0.3 is 13.7 Å². The van der Waals surface area contributed by atoms with Gasteiger partial charge in [-0.05, 0) is 31.2 Å². The van der Waals surface area contributed by atoms with E-state index >= 15 is 0 Å². The number of thiazole rings is 1. The molecule has 0 aliphatic rings. The Bertz CT molecular complexity index is 881. The van der Waals surface area contributed by atoms with Crippen molar-refractivity contribution in [1.29, 1.82) is 0 Å². The van der Waals surface area contributed by atoms with Crippen LogP contribution in [0.15, 0.2) is 46.0 Å². The van der Waals surface area contributed by atoms with Crippen molar-refractivity contribution in [3.05, 3.63) is 52.2 Å². The Labute approximate surface area is 141 Å². The van der Waals surface area contributed by atoms with Gasteiger partial charge in [-0.25, -0.2) is 0 Å². The zero-order valence-corrected chi connectivity index (χ0v) is 14.1. The summed E-state index contributed by atoms with van der Waals surface area (Å²) in [4.78, 5) is 17.0. The Kier molecular flexibility index (Phi) is 4.95. The van der Waals surface area contributed by atoms with Crippen molar-refractivity contribution in [2.75, 3.05) is 13.2 Å². The van der Waals surface area contributed by atoms with Crippen LogP contribution in [0.2, 0.25) is 5.02 Å². The number of nitrogens with zero attached hydrogens (tertiary/aromatic N) is 2. The number of aromatic nitrogens is 1. The number of hydrogen-bond donors (Lipinski definition) is 0. The van der Waals surface area contributed by atoms with Crippen LogP contribution < -0.4 is 4.80 Å². The number of carbonyl (C=O) groups is 1. The number of rotatable bonds is 5. The molecule has 120 valence electrons. The van der Waals surface area contributed by atoms with Crippen LogP contribution in [0.5, 0.6) is 0 Å². The van der Waals surface area contributed by atoms with E-state index in [0.29, 0.717) is 29.6 Å². The molecule has 0 bridgehead atoms. The minimum Gasteiger partial charge on any atom is -0.459 e. The van der Waals surface area contributed by atoms with E-state index in [-0.39, 0.29) is 5.76 Å². The molecular weight excluding hydrogens is 336 g/mol. The summed E-state index contributed by atoms with van der Waals surface area (Å²) in [6.45, 7) is 3.67.